The lowest BCUT2D eigenvalue weighted by Gasteiger charge is -2.31. The van der Waals surface area contributed by atoms with Gasteiger partial charge in [0.15, 0.2) is 0 Å². The van der Waals surface area contributed by atoms with Crippen LogP contribution in [0.1, 0.15) is 29.6 Å². The zero-order valence-electron chi connectivity index (χ0n) is 11.0. The van der Waals surface area contributed by atoms with Gasteiger partial charge in [0.2, 0.25) is 0 Å². The molecule has 1 fully saturated rings. The summed E-state index contributed by atoms with van der Waals surface area (Å²) in [6.45, 7) is 2.83. The van der Waals surface area contributed by atoms with Crippen LogP contribution in [-0.2, 0) is 4.74 Å². The Hall–Kier alpha value is -1.53. The van der Waals surface area contributed by atoms with Gasteiger partial charge in [-0.25, -0.2) is 0 Å². The van der Waals surface area contributed by atoms with E-state index in [-0.39, 0.29) is 12.0 Å². The van der Waals surface area contributed by atoms with Gasteiger partial charge in [0.1, 0.15) is 0 Å². The molecular formula is C13H20N4O2. The van der Waals surface area contributed by atoms with Crippen LogP contribution in [0.4, 0.5) is 0 Å². The molecule has 0 spiro atoms. The van der Waals surface area contributed by atoms with Crippen molar-refractivity contribution in [3.8, 4) is 0 Å². The third-order valence-corrected chi connectivity index (χ3v) is 3.26. The maximum atomic E-state index is 12.2. The average Bonchev–Trinajstić information content (AvgIpc) is 2.48. The summed E-state index contributed by atoms with van der Waals surface area (Å²) in [6, 6.07) is 1.69. The molecule has 2 N–H and O–H groups in total. The summed E-state index contributed by atoms with van der Waals surface area (Å²) in [5.74, 6) is 0.0234. The number of rotatable bonds is 5. The summed E-state index contributed by atoms with van der Waals surface area (Å²) < 4.78 is 5.72. The number of hydrogen-bond donors (Lipinski definition) is 1. The van der Waals surface area contributed by atoms with E-state index in [1.165, 1.54) is 12.4 Å². The SMILES string of the molecule is NCCCOC1CCN(C(=O)c2ccnnc2)CC1. The number of piperidine rings is 1. The van der Waals surface area contributed by atoms with E-state index in [0.29, 0.717) is 18.7 Å². The fourth-order valence-corrected chi connectivity index (χ4v) is 2.16. The van der Waals surface area contributed by atoms with Gasteiger partial charge in [-0.2, -0.15) is 10.2 Å². The summed E-state index contributed by atoms with van der Waals surface area (Å²) in [4.78, 5) is 14.0. The normalized spacial score (nSPS) is 16.6. The Bertz CT molecular complexity index is 391. The van der Waals surface area contributed by atoms with Crippen LogP contribution in [0, 0.1) is 0 Å². The van der Waals surface area contributed by atoms with Gasteiger partial charge in [0.05, 0.1) is 24.1 Å². The topological polar surface area (TPSA) is 81.3 Å². The second kappa shape index (κ2) is 7.16. The highest BCUT2D eigenvalue weighted by molar-refractivity contribution is 5.93. The molecule has 6 heteroatoms. The van der Waals surface area contributed by atoms with Crippen LogP contribution in [0.5, 0.6) is 0 Å². The van der Waals surface area contributed by atoms with Gasteiger partial charge in [-0.1, -0.05) is 0 Å². The van der Waals surface area contributed by atoms with E-state index in [4.69, 9.17) is 10.5 Å². The molecule has 2 heterocycles. The zero-order chi connectivity index (χ0) is 13.5. The van der Waals surface area contributed by atoms with Gasteiger partial charge in [-0.05, 0) is 31.9 Å². The van der Waals surface area contributed by atoms with Crippen molar-refractivity contribution >= 4 is 5.91 Å². The lowest BCUT2D eigenvalue weighted by atomic mass is 10.1. The van der Waals surface area contributed by atoms with Gasteiger partial charge in [-0.3, -0.25) is 4.79 Å². The summed E-state index contributed by atoms with van der Waals surface area (Å²) in [5.41, 5.74) is 6.02. The largest absolute Gasteiger partial charge is 0.378 e. The molecule has 1 aromatic rings. The number of aromatic nitrogens is 2. The minimum absolute atomic E-state index is 0.0234. The number of nitrogens with two attached hydrogens (primary N) is 1. The second-order valence-electron chi connectivity index (χ2n) is 4.64. The van der Waals surface area contributed by atoms with Crippen molar-refractivity contribution in [1.82, 2.24) is 15.1 Å². The molecule has 0 bridgehead atoms. The Labute approximate surface area is 112 Å². The number of hydrogen-bond acceptors (Lipinski definition) is 5. The van der Waals surface area contributed by atoms with Crippen LogP contribution in [0.3, 0.4) is 0 Å². The maximum Gasteiger partial charge on any atom is 0.255 e. The Morgan fingerprint density at radius 2 is 2.21 bits per heavy atom. The van der Waals surface area contributed by atoms with E-state index >= 15 is 0 Å². The van der Waals surface area contributed by atoms with Crippen molar-refractivity contribution in [3.63, 3.8) is 0 Å². The van der Waals surface area contributed by atoms with E-state index in [1.54, 1.807) is 6.07 Å². The van der Waals surface area contributed by atoms with Crippen LogP contribution >= 0.6 is 0 Å². The second-order valence-corrected chi connectivity index (χ2v) is 4.64. The van der Waals surface area contributed by atoms with E-state index < -0.39 is 0 Å². The molecule has 6 nitrogen and oxygen atoms in total. The average molecular weight is 264 g/mol. The molecule has 0 aromatic carbocycles. The first-order valence-corrected chi connectivity index (χ1v) is 6.69. The van der Waals surface area contributed by atoms with Crippen LogP contribution in [0.2, 0.25) is 0 Å². The van der Waals surface area contributed by atoms with Crippen LogP contribution in [0.15, 0.2) is 18.5 Å². The first-order valence-electron chi connectivity index (χ1n) is 6.69. The standard InChI is InChI=1S/C13H20N4O2/c14-5-1-9-19-12-3-7-17(8-4-12)13(18)11-2-6-15-16-10-11/h2,6,10,12H,1,3-5,7-9,14H2. The highest BCUT2D eigenvalue weighted by atomic mass is 16.5. The molecule has 1 aromatic heterocycles. The monoisotopic (exact) mass is 264 g/mol. The molecule has 1 aliphatic heterocycles. The smallest absolute Gasteiger partial charge is 0.255 e. The lowest BCUT2D eigenvalue weighted by Crippen LogP contribution is -2.41. The van der Waals surface area contributed by atoms with E-state index in [9.17, 15) is 4.79 Å². The van der Waals surface area contributed by atoms with Gasteiger partial charge in [0, 0.05) is 19.7 Å². The molecular weight excluding hydrogens is 244 g/mol. The van der Waals surface area contributed by atoms with Crippen molar-refractivity contribution in [1.29, 1.82) is 0 Å². The van der Waals surface area contributed by atoms with E-state index in [2.05, 4.69) is 10.2 Å². The van der Waals surface area contributed by atoms with Gasteiger partial charge in [-0.15, -0.1) is 0 Å². The van der Waals surface area contributed by atoms with Crippen molar-refractivity contribution in [2.45, 2.75) is 25.4 Å². The van der Waals surface area contributed by atoms with E-state index in [1.807, 2.05) is 4.90 Å². The fourth-order valence-electron chi connectivity index (χ4n) is 2.16. The molecule has 0 radical (unpaired) electrons. The quantitative estimate of drug-likeness (QED) is 0.781. The molecule has 104 valence electrons. The summed E-state index contributed by atoms with van der Waals surface area (Å²) >= 11 is 0. The zero-order valence-corrected chi connectivity index (χ0v) is 11.0. The third kappa shape index (κ3) is 3.97. The lowest BCUT2D eigenvalue weighted by molar-refractivity contribution is 0.00843. The molecule has 1 saturated heterocycles. The molecule has 0 atom stereocenters. The van der Waals surface area contributed by atoms with Gasteiger partial charge >= 0.3 is 0 Å². The first-order chi connectivity index (χ1) is 9.31. The highest BCUT2D eigenvalue weighted by Gasteiger charge is 2.23. The highest BCUT2D eigenvalue weighted by Crippen LogP contribution is 2.16. The van der Waals surface area contributed by atoms with Crippen molar-refractivity contribution < 1.29 is 9.53 Å². The number of amides is 1. The third-order valence-electron chi connectivity index (χ3n) is 3.26. The summed E-state index contributed by atoms with van der Waals surface area (Å²) in [6.07, 6.45) is 5.96. The molecule has 1 amide bonds. The molecule has 19 heavy (non-hydrogen) atoms. The number of ether oxygens (including phenoxy) is 1. The molecule has 0 aliphatic carbocycles. The minimum atomic E-state index is 0.0234. The number of carbonyl (C=O) groups is 1. The Balaban J connectivity index is 1.78. The number of carbonyl (C=O) groups excluding carboxylic acids is 1. The predicted molar refractivity (Wildman–Crippen MR) is 70.6 cm³/mol. The Morgan fingerprint density at radius 1 is 1.42 bits per heavy atom. The van der Waals surface area contributed by atoms with Crippen LogP contribution in [0.25, 0.3) is 0 Å². The number of likely N-dealkylation sites (tertiary alicyclic amines) is 1. The maximum absolute atomic E-state index is 12.2. The Morgan fingerprint density at radius 3 is 2.84 bits per heavy atom. The van der Waals surface area contributed by atoms with Crippen molar-refractivity contribution in [2.75, 3.05) is 26.2 Å². The van der Waals surface area contributed by atoms with Gasteiger partial charge in [0.25, 0.3) is 5.91 Å². The molecule has 0 saturated carbocycles. The minimum Gasteiger partial charge on any atom is -0.378 e. The van der Waals surface area contributed by atoms with Crippen LogP contribution < -0.4 is 5.73 Å². The summed E-state index contributed by atoms with van der Waals surface area (Å²) in [5, 5.41) is 7.41. The van der Waals surface area contributed by atoms with Crippen molar-refractivity contribution in [2.24, 2.45) is 5.73 Å². The van der Waals surface area contributed by atoms with Gasteiger partial charge < -0.3 is 15.4 Å². The number of nitrogens with zero attached hydrogens (tertiary/aromatic N) is 3. The molecule has 2 rings (SSSR count). The Kier molecular flexibility index (Phi) is 5.23. The van der Waals surface area contributed by atoms with E-state index in [0.717, 1.165) is 32.4 Å². The predicted octanol–water partition coefficient (Wildman–Crippen LogP) is 0.447. The van der Waals surface area contributed by atoms with Crippen molar-refractivity contribution in [3.05, 3.63) is 24.0 Å². The fraction of sp³-hybridized carbons (Fsp3) is 0.615. The first kappa shape index (κ1) is 13.9. The molecule has 0 unspecified atom stereocenters. The summed E-state index contributed by atoms with van der Waals surface area (Å²) in [7, 11) is 0. The molecule has 1 aliphatic rings. The van der Waals surface area contributed by atoms with Crippen LogP contribution in [-0.4, -0.2) is 53.3 Å².